The Hall–Kier alpha value is -2.31. The van der Waals surface area contributed by atoms with Gasteiger partial charge in [-0.3, -0.25) is 0 Å². The third-order valence-electron chi connectivity index (χ3n) is 3.89. The van der Waals surface area contributed by atoms with Gasteiger partial charge in [-0.15, -0.1) is 0 Å². The molecular formula is C16H23FN4O2. The number of likely N-dealkylation sites (tertiary alicyclic amines) is 1. The van der Waals surface area contributed by atoms with Gasteiger partial charge in [0.15, 0.2) is 0 Å². The summed E-state index contributed by atoms with van der Waals surface area (Å²) in [5.41, 5.74) is 0.580. The van der Waals surface area contributed by atoms with Crippen LogP contribution in [0.5, 0.6) is 0 Å². The largest absolute Gasteiger partial charge is 0.338 e. The Morgan fingerprint density at radius 3 is 2.43 bits per heavy atom. The molecule has 1 aromatic carbocycles. The summed E-state index contributed by atoms with van der Waals surface area (Å²) in [7, 11) is 0. The molecule has 0 radical (unpaired) electrons. The highest BCUT2D eigenvalue weighted by Gasteiger charge is 2.23. The van der Waals surface area contributed by atoms with Crippen molar-refractivity contribution in [3.05, 3.63) is 30.1 Å². The SMILES string of the molecule is CCNC(=O)NCC1CCN(C(=O)Nc2ccc(F)cc2)CC1. The van der Waals surface area contributed by atoms with E-state index < -0.39 is 0 Å². The standard InChI is InChI=1S/C16H23FN4O2/c1-2-18-15(22)19-11-12-7-9-21(10-8-12)16(23)20-14-5-3-13(17)4-6-14/h3-6,12H,2,7-11H2,1H3,(H,20,23)(H2,18,19,22). The first-order chi connectivity index (χ1) is 11.1. The summed E-state index contributed by atoms with van der Waals surface area (Å²) in [5.74, 6) is 0.0518. The molecule has 4 amide bonds. The molecule has 1 saturated heterocycles. The van der Waals surface area contributed by atoms with Gasteiger partial charge in [0, 0.05) is 31.9 Å². The summed E-state index contributed by atoms with van der Waals surface area (Å²) in [4.78, 5) is 25.3. The topological polar surface area (TPSA) is 73.5 Å². The predicted molar refractivity (Wildman–Crippen MR) is 86.8 cm³/mol. The zero-order valence-corrected chi connectivity index (χ0v) is 13.3. The molecule has 1 heterocycles. The maximum absolute atomic E-state index is 12.8. The lowest BCUT2D eigenvalue weighted by molar-refractivity contribution is 0.181. The predicted octanol–water partition coefficient (Wildman–Crippen LogP) is 2.39. The van der Waals surface area contributed by atoms with E-state index in [4.69, 9.17) is 0 Å². The number of urea groups is 2. The van der Waals surface area contributed by atoms with Crippen LogP contribution in [-0.2, 0) is 0 Å². The van der Waals surface area contributed by atoms with E-state index in [0.717, 1.165) is 12.8 Å². The third kappa shape index (κ3) is 5.43. The number of nitrogens with one attached hydrogen (secondary N) is 3. The van der Waals surface area contributed by atoms with Crippen LogP contribution < -0.4 is 16.0 Å². The van der Waals surface area contributed by atoms with Gasteiger partial charge in [-0.1, -0.05) is 0 Å². The molecule has 0 aromatic heterocycles. The fourth-order valence-corrected chi connectivity index (χ4v) is 2.54. The van der Waals surface area contributed by atoms with Gasteiger partial charge >= 0.3 is 12.1 Å². The van der Waals surface area contributed by atoms with Crippen LogP contribution in [0.1, 0.15) is 19.8 Å². The normalized spacial score (nSPS) is 15.1. The van der Waals surface area contributed by atoms with Crippen LogP contribution in [0.3, 0.4) is 0 Å². The molecular weight excluding hydrogens is 299 g/mol. The van der Waals surface area contributed by atoms with Gasteiger partial charge in [-0.25, -0.2) is 14.0 Å². The highest BCUT2D eigenvalue weighted by molar-refractivity contribution is 5.89. The molecule has 3 N–H and O–H groups in total. The number of halogens is 1. The Morgan fingerprint density at radius 2 is 1.83 bits per heavy atom. The van der Waals surface area contributed by atoms with Crippen LogP contribution in [0.4, 0.5) is 19.7 Å². The Kier molecular flexibility index (Phi) is 6.19. The number of rotatable bonds is 4. The fraction of sp³-hybridized carbons (Fsp3) is 0.500. The second kappa shape index (κ2) is 8.36. The van der Waals surface area contributed by atoms with Crippen LogP contribution in [0.25, 0.3) is 0 Å². The van der Waals surface area contributed by atoms with Gasteiger partial charge in [-0.05, 0) is 49.9 Å². The Bertz CT molecular complexity index is 527. The van der Waals surface area contributed by atoms with E-state index in [1.807, 2.05) is 6.92 Å². The second-order valence-electron chi connectivity index (χ2n) is 5.61. The van der Waals surface area contributed by atoms with Gasteiger partial charge in [0.1, 0.15) is 5.82 Å². The first-order valence-corrected chi connectivity index (χ1v) is 7.91. The van der Waals surface area contributed by atoms with Gasteiger partial charge in [-0.2, -0.15) is 0 Å². The lowest BCUT2D eigenvalue weighted by Crippen LogP contribution is -2.44. The first-order valence-electron chi connectivity index (χ1n) is 7.91. The van der Waals surface area contributed by atoms with Gasteiger partial charge in [0.25, 0.3) is 0 Å². The van der Waals surface area contributed by atoms with Gasteiger partial charge in [0.05, 0.1) is 0 Å². The van der Waals surface area contributed by atoms with Crippen LogP contribution in [-0.4, -0.2) is 43.1 Å². The van der Waals surface area contributed by atoms with Crippen LogP contribution >= 0.6 is 0 Å². The summed E-state index contributed by atoms with van der Waals surface area (Å²) < 4.78 is 12.8. The maximum atomic E-state index is 12.8. The fourth-order valence-electron chi connectivity index (χ4n) is 2.54. The van der Waals surface area contributed by atoms with Crippen molar-refractivity contribution in [1.82, 2.24) is 15.5 Å². The third-order valence-corrected chi connectivity index (χ3v) is 3.89. The molecule has 1 aliphatic heterocycles. The zero-order chi connectivity index (χ0) is 16.7. The average molecular weight is 322 g/mol. The van der Waals surface area contributed by atoms with Crippen molar-refractivity contribution in [2.24, 2.45) is 5.92 Å². The smallest absolute Gasteiger partial charge is 0.321 e. The first kappa shape index (κ1) is 17.1. The Morgan fingerprint density at radius 1 is 1.17 bits per heavy atom. The summed E-state index contributed by atoms with van der Waals surface area (Å²) in [6.45, 7) is 4.40. The second-order valence-corrected chi connectivity index (χ2v) is 5.61. The van der Waals surface area contributed by atoms with E-state index in [2.05, 4.69) is 16.0 Å². The zero-order valence-electron chi connectivity index (χ0n) is 13.3. The molecule has 7 heteroatoms. The van der Waals surface area contributed by atoms with Crippen molar-refractivity contribution in [1.29, 1.82) is 0 Å². The van der Waals surface area contributed by atoms with Gasteiger partial charge in [0.2, 0.25) is 0 Å². The quantitative estimate of drug-likeness (QED) is 0.796. The molecule has 0 bridgehead atoms. The molecule has 1 aromatic rings. The number of carbonyl (C=O) groups is 2. The molecule has 6 nitrogen and oxygen atoms in total. The molecule has 0 saturated carbocycles. The molecule has 1 aliphatic rings. The van der Waals surface area contributed by atoms with Crippen molar-refractivity contribution < 1.29 is 14.0 Å². The Balaban J connectivity index is 1.72. The molecule has 0 aliphatic carbocycles. The number of carbonyl (C=O) groups excluding carboxylic acids is 2. The monoisotopic (exact) mass is 322 g/mol. The number of benzene rings is 1. The van der Waals surface area contributed by atoms with Crippen molar-refractivity contribution in [3.63, 3.8) is 0 Å². The van der Waals surface area contributed by atoms with Gasteiger partial charge < -0.3 is 20.9 Å². The van der Waals surface area contributed by atoms with E-state index in [9.17, 15) is 14.0 Å². The van der Waals surface area contributed by atoms with E-state index in [0.29, 0.717) is 37.8 Å². The lowest BCUT2D eigenvalue weighted by Gasteiger charge is -2.32. The van der Waals surface area contributed by atoms with E-state index in [-0.39, 0.29) is 17.9 Å². The molecule has 0 spiro atoms. The van der Waals surface area contributed by atoms with E-state index in [1.165, 1.54) is 24.3 Å². The van der Waals surface area contributed by atoms with Crippen LogP contribution in [0.15, 0.2) is 24.3 Å². The highest BCUT2D eigenvalue weighted by atomic mass is 19.1. The number of hydrogen-bond acceptors (Lipinski definition) is 2. The number of anilines is 1. The van der Waals surface area contributed by atoms with Crippen LogP contribution in [0.2, 0.25) is 0 Å². The van der Waals surface area contributed by atoms with E-state index >= 15 is 0 Å². The van der Waals surface area contributed by atoms with E-state index in [1.54, 1.807) is 4.90 Å². The van der Waals surface area contributed by atoms with Crippen molar-refractivity contribution in [3.8, 4) is 0 Å². The number of nitrogens with zero attached hydrogens (tertiary/aromatic N) is 1. The summed E-state index contributed by atoms with van der Waals surface area (Å²) >= 11 is 0. The number of amides is 4. The van der Waals surface area contributed by atoms with Crippen molar-refractivity contribution in [2.75, 3.05) is 31.5 Å². The summed E-state index contributed by atoms with van der Waals surface area (Å²) in [6, 6.07) is 5.38. The Labute approximate surface area is 135 Å². The van der Waals surface area contributed by atoms with Crippen LogP contribution in [0, 0.1) is 11.7 Å². The highest BCUT2D eigenvalue weighted by Crippen LogP contribution is 2.18. The molecule has 0 atom stereocenters. The molecule has 1 fully saturated rings. The lowest BCUT2D eigenvalue weighted by atomic mass is 9.97. The molecule has 2 rings (SSSR count). The maximum Gasteiger partial charge on any atom is 0.321 e. The molecule has 126 valence electrons. The summed E-state index contributed by atoms with van der Waals surface area (Å²) in [6.07, 6.45) is 1.70. The molecule has 0 unspecified atom stereocenters. The minimum absolute atomic E-state index is 0.149. The minimum Gasteiger partial charge on any atom is -0.338 e. The minimum atomic E-state index is -0.330. The summed E-state index contributed by atoms with van der Waals surface area (Å²) in [5, 5.41) is 8.29. The average Bonchev–Trinajstić information content (AvgIpc) is 2.56. The molecule has 23 heavy (non-hydrogen) atoms. The number of hydrogen-bond donors (Lipinski definition) is 3. The number of piperidine rings is 1. The van der Waals surface area contributed by atoms with Crippen molar-refractivity contribution >= 4 is 17.7 Å². The van der Waals surface area contributed by atoms with Crippen molar-refractivity contribution in [2.45, 2.75) is 19.8 Å².